The summed E-state index contributed by atoms with van der Waals surface area (Å²) < 4.78 is 11.6. The number of amides is 1. The van der Waals surface area contributed by atoms with Crippen molar-refractivity contribution in [1.82, 2.24) is 9.88 Å². The minimum atomic E-state index is -0.481. The van der Waals surface area contributed by atoms with Gasteiger partial charge in [0.2, 0.25) is 0 Å². The van der Waals surface area contributed by atoms with Crippen LogP contribution in [-0.4, -0.2) is 34.2 Å². The summed E-state index contributed by atoms with van der Waals surface area (Å²) in [5.41, 5.74) is 1.41. The molecule has 21 heavy (non-hydrogen) atoms. The molecule has 0 saturated carbocycles. The molecule has 1 fully saturated rings. The van der Waals surface area contributed by atoms with Gasteiger partial charge in [-0.15, -0.1) is 0 Å². The van der Waals surface area contributed by atoms with E-state index in [2.05, 4.69) is 4.98 Å². The summed E-state index contributed by atoms with van der Waals surface area (Å²) in [6, 6.07) is 2.10. The summed E-state index contributed by atoms with van der Waals surface area (Å²) in [6.45, 7) is 8.80. The molecular formula is C16H22N2O3. The van der Waals surface area contributed by atoms with Gasteiger partial charge in [0.15, 0.2) is 0 Å². The van der Waals surface area contributed by atoms with Crippen molar-refractivity contribution in [1.29, 1.82) is 0 Å². The van der Waals surface area contributed by atoms with Crippen LogP contribution in [-0.2, 0) is 21.7 Å². The van der Waals surface area contributed by atoms with Gasteiger partial charge in [-0.2, -0.15) is 0 Å². The summed E-state index contributed by atoms with van der Waals surface area (Å²) in [4.78, 5) is 18.3. The number of hydrogen-bond donors (Lipinski definition) is 0. The van der Waals surface area contributed by atoms with Crippen LogP contribution < -0.4 is 0 Å². The minimum Gasteiger partial charge on any atom is -0.444 e. The van der Waals surface area contributed by atoms with Crippen LogP contribution in [0.1, 0.15) is 45.2 Å². The highest BCUT2D eigenvalue weighted by atomic mass is 16.6. The van der Waals surface area contributed by atoms with Gasteiger partial charge < -0.3 is 14.4 Å². The van der Waals surface area contributed by atoms with Gasteiger partial charge in [0.05, 0.1) is 13.2 Å². The molecule has 0 aliphatic carbocycles. The Kier molecular flexibility index (Phi) is 3.20. The SMILES string of the molecule is C[C@H]1CC2(CN1C(=O)OC(C)(C)C)OCc1cnccc12. The van der Waals surface area contributed by atoms with Gasteiger partial charge in [0, 0.05) is 30.4 Å². The van der Waals surface area contributed by atoms with Crippen molar-refractivity contribution in [2.75, 3.05) is 6.54 Å². The fraction of sp³-hybridized carbons (Fsp3) is 0.625. The van der Waals surface area contributed by atoms with Gasteiger partial charge in [-0.1, -0.05) is 0 Å². The second-order valence-electron chi connectivity index (χ2n) is 6.98. The second-order valence-corrected chi connectivity index (χ2v) is 6.98. The molecule has 0 N–H and O–H groups in total. The smallest absolute Gasteiger partial charge is 0.410 e. The van der Waals surface area contributed by atoms with E-state index < -0.39 is 11.2 Å². The summed E-state index contributed by atoms with van der Waals surface area (Å²) in [5.74, 6) is 0. The van der Waals surface area contributed by atoms with Crippen LogP contribution in [0, 0.1) is 0 Å². The highest BCUT2D eigenvalue weighted by Crippen LogP contribution is 2.45. The Bertz CT molecular complexity index is 567. The third-order valence-corrected chi connectivity index (χ3v) is 4.11. The van der Waals surface area contributed by atoms with E-state index in [1.165, 1.54) is 0 Å². The third-order valence-electron chi connectivity index (χ3n) is 4.11. The predicted octanol–water partition coefficient (Wildman–Crippen LogP) is 2.84. The van der Waals surface area contributed by atoms with Crippen molar-refractivity contribution in [3.05, 3.63) is 29.6 Å². The first-order chi connectivity index (χ1) is 9.81. The van der Waals surface area contributed by atoms with Gasteiger partial charge in [0.1, 0.15) is 11.2 Å². The summed E-state index contributed by atoms with van der Waals surface area (Å²) >= 11 is 0. The number of hydrogen-bond acceptors (Lipinski definition) is 4. The number of fused-ring (bicyclic) bond motifs is 2. The summed E-state index contributed by atoms with van der Waals surface area (Å²) in [7, 11) is 0. The lowest BCUT2D eigenvalue weighted by atomic mass is 9.91. The monoisotopic (exact) mass is 290 g/mol. The van der Waals surface area contributed by atoms with Gasteiger partial charge in [-0.25, -0.2) is 4.79 Å². The summed E-state index contributed by atoms with van der Waals surface area (Å²) in [6.07, 6.45) is 4.17. The highest BCUT2D eigenvalue weighted by Gasteiger charge is 2.50. The Labute approximate surface area is 125 Å². The molecule has 1 amide bonds. The van der Waals surface area contributed by atoms with Crippen molar-refractivity contribution in [3.8, 4) is 0 Å². The normalized spacial score (nSPS) is 28.0. The molecule has 5 heteroatoms. The molecule has 2 atom stereocenters. The van der Waals surface area contributed by atoms with Gasteiger partial charge in [-0.3, -0.25) is 4.98 Å². The largest absolute Gasteiger partial charge is 0.444 e. The molecule has 3 rings (SSSR count). The lowest BCUT2D eigenvalue weighted by Crippen LogP contribution is -2.40. The van der Waals surface area contributed by atoms with Crippen LogP contribution in [0.5, 0.6) is 0 Å². The van der Waals surface area contributed by atoms with E-state index in [-0.39, 0.29) is 12.1 Å². The molecule has 2 aliphatic rings. The molecule has 1 unspecified atom stereocenters. The van der Waals surface area contributed by atoms with Crippen molar-refractivity contribution in [3.63, 3.8) is 0 Å². The van der Waals surface area contributed by atoms with Crippen LogP contribution in [0.25, 0.3) is 0 Å². The van der Waals surface area contributed by atoms with E-state index >= 15 is 0 Å². The zero-order valence-electron chi connectivity index (χ0n) is 13.0. The Morgan fingerprint density at radius 2 is 2.29 bits per heavy atom. The first kappa shape index (κ1) is 14.3. The lowest BCUT2D eigenvalue weighted by Gasteiger charge is -2.28. The number of aromatic nitrogens is 1. The average Bonchev–Trinajstić information content (AvgIpc) is 2.91. The number of carbonyl (C=O) groups excluding carboxylic acids is 1. The van der Waals surface area contributed by atoms with Gasteiger partial charge in [-0.05, 0) is 39.3 Å². The maximum Gasteiger partial charge on any atom is 0.410 e. The molecule has 1 aromatic heterocycles. The minimum absolute atomic E-state index is 0.0963. The maximum atomic E-state index is 12.4. The van der Waals surface area contributed by atoms with E-state index in [9.17, 15) is 4.79 Å². The molecule has 5 nitrogen and oxygen atoms in total. The summed E-state index contributed by atoms with van der Waals surface area (Å²) in [5, 5.41) is 0. The van der Waals surface area contributed by atoms with E-state index in [0.29, 0.717) is 13.2 Å². The van der Waals surface area contributed by atoms with Crippen molar-refractivity contribution < 1.29 is 14.3 Å². The molecular weight excluding hydrogens is 268 g/mol. The standard InChI is InChI=1S/C16H22N2O3/c1-11-7-16(10-18(11)14(19)21-15(2,3)4)13-5-6-17-8-12(13)9-20-16/h5-6,8,11H,7,9-10H2,1-4H3/t11-,16?/m0/s1. The number of rotatable bonds is 0. The first-order valence-corrected chi connectivity index (χ1v) is 7.38. The topological polar surface area (TPSA) is 51.7 Å². The number of carbonyl (C=O) groups is 1. The molecule has 1 saturated heterocycles. The first-order valence-electron chi connectivity index (χ1n) is 7.38. The second kappa shape index (κ2) is 4.70. The van der Waals surface area contributed by atoms with Crippen LogP contribution in [0.2, 0.25) is 0 Å². The Hall–Kier alpha value is -1.62. The van der Waals surface area contributed by atoms with Crippen molar-refractivity contribution >= 4 is 6.09 Å². The molecule has 2 aliphatic heterocycles. The van der Waals surface area contributed by atoms with Crippen molar-refractivity contribution in [2.45, 2.75) is 58.0 Å². The van der Waals surface area contributed by atoms with Gasteiger partial charge >= 0.3 is 6.09 Å². The fourth-order valence-corrected chi connectivity index (χ4v) is 3.23. The van der Waals surface area contributed by atoms with Crippen LogP contribution >= 0.6 is 0 Å². The molecule has 0 radical (unpaired) electrons. The molecule has 1 aromatic rings. The molecule has 3 heterocycles. The molecule has 0 bridgehead atoms. The number of ether oxygens (including phenoxy) is 2. The van der Waals surface area contributed by atoms with Crippen LogP contribution in [0.3, 0.4) is 0 Å². The zero-order chi connectivity index (χ0) is 15.3. The quantitative estimate of drug-likeness (QED) is 0.737. The Morgan fingerprint density at radius 3 is 3.00 bits per heavy atom. The molecule has 0 aromatic carbocycles. The number of pyridine rings is 1. The van der Waals surface area contributed by atoms with Crippen LogP contribution in [0.4, 0.5) is 4.79 Å². The van der Waals surface area contributed by atoms with E-state index in [4.69, 9.17) is 9.47 Å². The third kappa shape index (κ3) is 2.50. The number of nitrogens with zero attached hydrogens (tertiary/aromatic N) is 2. The Morgan fingerprint density at radius 1 is 1.52 bits per heavy atom. The maximum absolute atomic E-state index is 12.4. The Balaban J connectivity index is 1.83. The van der Waals surface area contributed by atoms with E-state index in [1.54, 1.807) is 11.1 Å². The lowest BCUT2D eigenvalue weighted by molar-refractivity contribution is -0.0327. The zero-order valence-corrected chi connectivity index (χ0v) is 13.0. The number of likely N-dealkylation sites (tertiary alicyclic amines) is 1. The average molecular weight is 290 g/mol. The van der Waals surface area contributed by atoms with E-state index in [0.717, 1.165) is 17.5 Å². The van der Waals surface area contributed by atoms with Gasteiger partial charge in [0.25, 0.3) is 0 Å². The van der Waals surface area contributed by atoms with E-state index in [1.807, 2.05) is 40.0 Å². The van der Waals surface area contributed by atoms with Crippen LogP contribution in [0.15, 0.2) is 18.5 Å². The highest BCUT2D eigenvalue weighted by molar-refractivity contribution is 5.69. The molecule has 114 valence electrons. The van der Waals surface area contributed by atoms with Crippen molar-refractivity contribution in [2.24, 2.45) is 0 Å². The predicted molar refractivity (Wildman–Crippen MR) is 77.7 cm³/mol. The molecule has 1 spiro atoms. The fourth-order valence-electron chi connectivity index (χ4n) is 3.23.